The Kier molecular flexibility index (Phi) is 3.58. The quantitative estimate of drug-likeness (QED) is 0.782. The zero-order chi connectivity index (χ0) is 16.9. The molecule has 1 unspecified atom stereocenters. The van der Waals surface area contributed by atoms with E-state index in [-0.39, 0.29) is 5.41 Å². The standard InChI is InChI=1S/C23H25NO/c1-2-11-24-12-13-25-17(16-24)14-23-15-20(18-7-3-5-9-21(18)23)19-8-4-6-10-22(19)23/h2-10,17,20H,1,11-16H2. The summed E-state index contributed by atoms with van der Waals surface area (Å²) in [6, 6.07) is 18.2. The van der Waals surface area contributed by atoms with Crippen LogP contribution in [0.5, 0.6) is 0 Å². The van der Waals surface area contributed by atoms with Crippen molar-refractivity contribution in [3.8, 4) is 0 Å². The van der Waals surface area contributed by atoms with Crippen LogP contribution in [0.1, 0.15) is 41.0 Å². The second-order valence-corrected chi connectivity index (χ2v) is 7.76. The van der Waals surface area contributed by atoms with E-state index in [0.717, 1.165) is 32.7 Å². The van der Waals surface area contributed by atoms with Crippen molar-refractivity contribution in [3.05, 3.63) is 83.4 Å². The van der Waals surface area contributed by atoms with Crippen LogP contribution in [0.25, 0.3) is 0 Å². The highest BCUT2D eigenvalue weighted by Crippen LogP contribution is 2.62. The number of fused-ring (bicyclic) bond motifs is 8. The highest BCUT2D eigenvalue weighted by atomic mass is 16.5. The Hall–Kier alpha value is -1.90. The normalized spacial score (nSPS) is 30.1. The molecular weight excluding hydrogens is 306 g/mol. The molecule has 128 valence electrons. The van der Waals surface area contributed by atoms with Crippen molar-refractivity contribution in [2.24, 2.45) is 0 Å². The molecule has 0 radical (unpaired) electrons. The molecule has 1 atom stereocenters. The Bertz CT molecular complexity index is 764. The third kappa shape index (κ3) is 2.24. The summed E-state index contributed by atoms with van der Waals surface area (Å²) in [6.45, 7) is 7.73. The Morgan fingerprint density at radius 2 is 1.76 bits per heavy atom. The van der Waals surface area contributed by atoms with Gasteiger partial charge in [0, 0.05) is 31.0 Å². The summed E-state index contributed by atoms with van der Waals surface area (Å²) in [6.07, 6.45) is 4.61. The fourth-order valence-corrected chi connectivity index (χ4v) is 5.52. The molecule has 0 spiro atoms. The fourth-order valence-electron chi connectivity index (χ4n) is 5.52. The van der Waals surface area contributed by atoms with E-state index in [1.165, 1.54) is 6.42 Å². The van der Waals surface area contributed by atoms with Gasteiger partial charge in [-0.05, 0) is 35.1 Å². The van der Waals surface area contributed by atoms with E-state index in [9.17, 15) is 0 Å². The predicted octanol–water partition coefficient (Wildman–Crippen LogP) is 4.10. The van der Waals surface area contributed by atoms with Gasteiger partial charge in [0.05, 0.1) is 12.7 Å². The van der Waals surface area contributed by atoms with Crippen molar-refractivity contribution in [1.29, 1.82) is 0 Å². The number of benzene rings is 2. The van der Waals surface area contributed by atoms with Gasteiger partial charge in [-0.2, -0.15) is 0 Å². The van der Waals surface area contributed by atoms with Crippen LogP contribution in [0.15, 0.2) is 61.2 Å². The monoisotopic (exact) mass is 331 g/mol. The number of ether oxygens (including phenoxy) is 1. The van der Waals surface area contributed by atoms with Crippen LogP contribution < -0.4 is 0 Å². The third-order valence-corrected chi connectivity index (χ3v) is 6.44. The summed E-state index contributed by atoms with van der Waals surface area (Å²) in [7, 11) is 0. The number of hydrogen-bond donors (Lipinski definition) is 0. The molecule has 2 nitrogen and oxygen atoms in total. The predicted molar refractivity (Wildman–Crippen MR) is 101 cm³/mol. The van der Waals surface area contributed by atoms with Gasteiger partial charge in [-0.15, -0.1) is 6.58 Å². The number of rotatable bonds is 4. The smallest absolute Gasteiger partial charge is 0.0714 e. The van der Waals surface area contributed by atoms with Crippen molar-refractivity contribution < 1.29 is 4.74 Å². The van der Waals surface area contributed by atoms with E-state index in [1.807, 2.05) is 6.08 Å². The highest BCUT2D eigenvalue weighted by Gasteiger charge is 2.53. The average molecular weight is 331 g/mol. The minimum Gasteiger partial charge on any atom is -0.376 e. The SMILES string of the molecule is C=CCN1CCOC(CC23CC(c4ccccc42)c2ccccc23)C1. The van der Waals surface area contributed by atoms with E-state index in [0.29, 0.717) is 12.0 Å². The lowest BCUT2D eigenvalue weighted by Gasteiger charge is -2.39. The van der Waals surface area contributed by atoms with Crippen LogP contribution in [0.3, 0.4) is 0 Å². The van der Waals surface area contributed by atoms with Gasteiger partial charge in [-0.3, -0.25) is 4.90 Å². The van der Waals surface area contributed by atoms with Crippen LogP contribution >= 0.6 is 0 Å². The molecule has 2 heteroatoms. The third-order valence-electron chi connectivity index (χ3n) is 6.44. The van der Waals surface area contributed by atoms with Crippen LogP contribution in [-0.2, 0) is 10.2 Å². The lowest BCUT2D eigenvalue weighted by Crippen LogP contribution is -2.45. The number of nitrogens with zero attached hydrogens (tertiary/aromatic N) is 1. The average Bonchev–Trinajstić information content (AvgIpc) is 3.15. The molecule has 2 bridgehead atoms. The van der Waals surface area contributed by atoms with Gasteiger partial charge >= 0.3 is 0 Å². The molecule has 1 heterocycles. The molecule has 5 rings (SSSR count). The molecule has 2 aromatic carbocycles. The molecule has 2 aliphatic carbocycles. The van der Waals surface area contributed by atoms with E-state index in [1.54, 1.807) is 22.3 Å². The second kappa shape index (κ2) is 5.82. The summed E-state index contributed by atoms with van der Waals surface area (Å²) < 4.78 is 6.22. The van der Waals surface area contributed by atoms with Gasteiger partial charge in [-0.1, -0.05) is 54.6 Å². The molecule has 0 amide bonds. The molecule has 2 aromatic rings. The Labute approximate surface area is 150 Å². The van der Waals surface area contributed by atoms with Gasteiger partial charge in [-0.25, -0.2) is 0 Å². The maximum absolute atomic E-state index is 6.22. The van der Waals surface area contributed by atoms with Gasteiger partial charge in [0.2, 0.25) is 0 Å². The lowest BCUT2D eigenvalue weighted by molar-refractivity contribution is -0.0358. The molecular formula is C23H25NO. The van der Waals surface area contributed by atoms with Crippen LogP contribution in [-0.4, -0.2) is 37.2 Å². The molecule has 1 saturated heterocycles. The lowest BCUT2D eigenvalue weighted by atomic mass is 9.71. The van der Waals surface area contributed by atoms with E-state index in [2.05, 4.69) is 60.0 Å². The minimum atomic E-state index is 0.139. The van der Waals surface area contributed by atoms with Crippen LogP contribution in [0.2, 0.25) is 0 Å². The zero-order valence-electron chi connectivity index (χ0n) is 14.7. The number of hydrogen-bond acceptors (Lipinski definition) is 2. The van der Waals surface area contributed by atoms with Gasteiger partial charge in [0.15, 0.2) is 0 Å². The first kappa shape index (κ1) is 15.4. The second-order valence-electron chi connectivity index (χ2n) is 7.76. The van der Waals surface area contributed by atoms with Crippen molar-refractivity contribution >= 4 is 0 Å². The summed E-state index contributed by atoms with van der Waals surface area (Å²) >= 11 is 0. The van der Waals surface area contributed by atoms with Gasteiger partial charge in [0.25, 0.3) is 0 Å². The zero-order valence-corrected chi connectivity index (χ0v) is 14.7. The van der Waals surface area contributed by atoms with Gasteiger partial charge < -0.3 is 4.74 Å². The maximum Gasteiger partial charge on any atom is 0.0714 e. The number of morpholine rings is 1. The molecule has 3 aliphatic rings. The minimum absolute atomic E-state index is 0.139. The van der Waals surface area contributed by atoms with E-state index >= 15 is 0 Å². The molecule has 0 N–H and O–H groups in total. The molecule has 1 fully saturated rings. The Balaban J connectivity index is 1.53. The maximum atomic E-state index is 6.22. The van der Waals surface area contributed by atoms with E-state index < -0.39 is 0 Å². The van der Waals surface area contributed by atoms with Crippen molar-refractivity contribution in [1.82, 2.24) is 4.90 Å². The first-order valence-electron chi connectivity index (χ1n) is 9.45. The topological polar surface area (TPSA) is 12.5 Å². The van der Waals surface area contributed by atoms with E-state index in [4.69, 9.17) is 4.74 Å². The van der Waals surface area contributed by atoms with Crippen LogP contribution in [0.4, 0.5) is 0 Å². The summed E-state index contributed by atoms with van der Waals surface area (Å²) in [5.41, 5.74) is 6.31. The summed E-state index contributed by atoms with van der Waals surface area (Å²) in [4.78, 5) is 2.47. The first-order valence-corrected chi connectivity index (χ1v) is 9.45. The van der Waals surface area contributed by atoms with Crippen molar-refractivity contribution in [2.75, 3.05) is 26.2 Å². The fraction of sp³-hybridized carbons (Fsp3) is 0.391. The molecule has 0 aromatic heterocycles. The molecule has 1 aliphatic heterocycles. The molecule has 25 heavy (non-hydrogen) atoms. The Morgan fingerprint density at radius 3 is 2.44 bits per heavy atom. The molecule has 0 saturated carbocycles. The first-order chi connectivity index (χ1) is 12.3. The largest absolute Gasteiger partial charge is 0.376 e. The Morgan fingerprint density at radius 1 is 1.08 bits per heavy atom. The van der Waals surface area contributed by atoms with Crippen molar-refractivity contribution in [2.45, 2.75) is 30.3 Å². The summed E-state index contributed by atoms with van der Waals surface area (Å²) in [5, 5.41) is 0. The van der Waals surface area contributed by atoms with Crippen molar-refractivity contribution in [3.63, 3.8) is 0 Å². The summed E-state index contributed by atoms with van der Waals surface area (Å²) in [5.74, 6) is 0.570. The van der Waals surface area contributed by atoms with Crippen LogP contribution in [0, 0.1) is 0 Å². The highest BCUT2D eigenvalue weighted by molar-refractivity contribution is 5.62. The van der Waals surface area contributed by atoms with Gasteiger partial charge in [0.1, 0.15) is 0 Å².